The summed E-state index contributed by atoms with van der Waals surface area (Å²) in [5.74, 6) is -0.195. The Morgan fingerprint density at radius 3 is 2.35 bits per heavy atom. The Bertz CT molecular complexity index is 449. The molecule has 1 saturated heterocycles. The van der Waals surface area contributed by atoms with Crippen molar-refractivity contribution in [2.45, 2.75) is 0 Å². The molecular weight excluding hydrogens is 280 g/mol. The summed E-state index contributed by atoms with van der Waals surface area (Å²) in [7, 11) is 0. The van der Waals surface area contributed by atoms with Crippen molar-refractivity contribution in [3.8, 4) is 0 Å². The average Bonchev–Trinajstić information content (AvgIpc) is 2.40. The first kappa shape index (κ1) is 16.2. The van der Waals surface area contributed by atoms with Gasteiger partial charge in [-0.1, -0.05) is 18.2 Å². The number of hydrogen-bond acceptors (Lipinski definition) is 4. The molecule has 1 heterocycles. The van der Waals surface area contributed by atoms with E-state index in [1.165, 1.54) is 0 Å². The van der Waals surface area contributed by atoms with Crippen LogP contribution in [0.2, 0.25) is 0 Å². The van der Waals surface area contributed by atoms with Crippen LogP contribution in [0.25, 0.3) is 0 Å². The largest absolute Gasteiger partial charge is 0.379 e. The molecule has 20 heavy (non-hydrogen) atoms. The summed E-state index contributed by atoms with van der Waals surface area (Å²) in [4.78, 5) is 0. The molecular formula is C12H19ClN6O. The predicted molar refractivity (Wildman–Crippen MR) is 81.3 cm³/mol. The van der Waals surface area contributed by atoms with E-state index < -0.39 is 0 Å². The summed E-state index contributed by atoms with van der Waals surface area (Å²) in [5, 5.41) is 21.5. The Balaban J connectivity index is 0.00000200. The zero-order valence-corrected chi connectivity index (χ0v) is 11.8. The molecule has 0 aromatic heterocycles. The van der Waals surface area contributed by atoms with Gasteiger partial charge in [0.25, 0.3) is 0 Å². The van der Waals surface area contributed by atoms with Crippen molar-refractivity contribution in [3.05, 3.63) is 30.3 Å². The number of halogens is 1. The SMILES string of the molecule is Cl.N=C(N)NC(=N)N(c1ccccc1)N1CCOCC1. The number of anilines is 1. The summed E-state index contributed by atoms with van der Waals surface area (Å²) >= 11 is 0. The number of nitrogens with one attached hydrogen (secondary N) is 3. The number of benzene rings is 1. The van der Waals surface area contributed by atoms with Crippen LogP contribution in [-0.2, 0) is 4.74 Å². The molecule has 0 radical (unpaired) electrons. The van der Waals surface area contributed by atoms with Crippen molar-refractivity contribution in [2.75, 3.05) is 31.3 Å². The van der Waals surface area contributed by atoms with Crippen LogP contribution < -0.4 is 16.1 Å². The van der Waals surface area contributed by atoms with Crippen LogP contribution >= 0.6 is 12.4 Å². The van der Waals surface area contributed by atoms with E-state index in [0.29, 0.717) is 26.3 Å². The van der Waals surface area contributed by atoms with E-state index in [2.05, 4.69) is 5.32 Å². The van der Waals surface area contributed by atoms with E-state index in [0.717, 1.165) is 5.69 Å². The quantitative estimate of drug-likeness (QED) is 0.472. The van der Waals surface area contributed by atoms with Crippen molar-refractivity contribution in [1.82, 2.24) is 10.3 Å². The van der Waals surface area contributed by atoms with Gasteiger partial charge in [0.15, 0.2) is 5.96 Å². The molecule has 0 amide bonds. The number of ether oxygens (including phenoxy) is 1. The van der Waals surface area contributed by atoms with E-state index in [9.17, 15) is 0 Å². The minimum absolute atomic E-state index is 0. The normalized spacial score (nSPS) is 15.0. The van der Waals surface area contributed by atoms with Gasteiger partial charge >= 0.3 is 0 Å². The maximum absolute atomic E-state index is 8.06. The first-order chi connectivity index (χ1) is 9.18. The number of morpholine rings is 1. The van der Waals surface area contributed by atoms with E-state index >= 15 is 0 Å². The van der Waals surface area contributed by atoms with E-state index in [4.69, 9.17) is 21.3 Å². The molecule has 0 unspecified atom stereocenters. The molecule has 1 aliphatic rings. The first-order valence-electron chi connectivity index (χ1n) is 6.06. The Hall–Kier alpha value is -1.83. The lowest BCUT2D eigenvalue weighted by molar-refractivity contribution is 0.0390. The number of nitrogens with zero attached hydrogens (tertiary/aromatic N) is 2. The van der Waals surface area contributed by atoms with E-state index in [-0.39, 0.29) is 24.3 Å². The molecule has 1 aliphatic heterocycles. The van der Waals surface area contributed by atoms with Crippen LogP contribution in [0.4, 0.5) is 5.69 Å². The van der Waals surface area contributed by atoms with Crippen LogP contribution in [0, 0.1) is 10.8 Å². The van der Waals surface area contributed by atoms with Crippen molar-refractivity contribution < 1.29 is 4.74 Å². The number of hydrogen-bond donors (Lipinski definition) is 4. The fraction of sp³-hybridized carbons (Fsp3) is 0.333. The lowest BCUT2D eigenvalue weighted by atomic mass is 10.3. The number of guanidine groups is 2. The molecule has 0 atom stereocenters. The molecule has 7 nitrogen and oxygen atoms in total. The van der Waals surface area contributed by atoms with E-state index in [1.54, 1.807) is 5.01 Å². The van der Waals surface area contributed by atoms with Crippen LogP contribution in [0.1, 0.15) is 0 Å². The number of rotatable bonds is 2. The third-order valence-electron chi connectivity index (χ3n) is 2.74. The molecule has 2 rings (SSSR count). The maximum atomic E-state index is 8.06. The highest BCUT2D eigenvalue weighted by Gasteiger charge is 2.23. The maximum Gasteiger partial charge on any atom is 0.217 e. The van der Waals surface area contributed by atoms with Gasteiger partial charge in [0.05, 0.1) is 18.9 Å². The van der Waals surface area contributed by atoms with Gasteiger partial charge in [-0.2, -0.15) is 0 Å². The highest BCUT2D eigenvalue weighted by molar-refractivity contribution is 6.03. The van der Waals surface area contributed by atoms with Gasteiger partial charge < -0.3 is 10.5 Å². The van der Waals surface area contributed by atoms with Crippen LogP contribution in [0.15, 0.2) is 30.3 Å². The van der Waals surface area contributed by atoms with Gasteiger partial charge in [0.2, 0.25) is 5.96 Å². The number of hydrazine groups is 1. The highest BCUT2D eigenvalue weighted by atomic mass is 35.5. The fourth-order valence-electron chi connectivity index (χ4n) is 1.94. The monoisotopic (exact) mass is 298 g/mol. The van der Waals surface area contributed by atoms with Crippen molar-refractivity contribution >= 4 is 30.0 Å². The second-order valence-corrected chi connectivity index (χ2v) is 4.10. The molecule has 0 bridgehead atoms. The molecule has 0 spiro atoms. The Labute approximate surface area is 124 Å². The average molecular weight is 299 g/mol. The van der Waals surface area contributed by atoms with Crippen molar-refractivity contribution in [3.63, 3.8) is 0 Å². The summed E-state index contributed by atoms with van der Waals surface area (Å²) in [5.41, 5.74) is 6.15. The molecule has 0 saturated carbocycles. The zero-order valence-electron chi connectivity index (χ0n) is 11.0. The molecule has 8 heteroatoms. The summed E-state index contributed by atoms with van der Waals surface area (Å²) in [6, 6.07) is 9.55. The lowest BCUT2D eigenvalue weighted by Crippen LogP contribution is -2.57. The van der Waals surface area contributed by atoms with Crippen LogP contribution in [0.3, 0.4) is 0 Å². The van der Waals surface area contributed by atoms with Crippen molar-refractivity contribution in [2.24, 2.45) is 5.73 Å². The van der Waals surface area contributed by atoms with Gasteiger partial charge in [0.1, 0.15) is 0 Å². The zero-order chi connectivity index (χ0) is 13.7. The third-order valence-corrected chi connectivity index (χ3v) is 2.74. The molecule has 1 aromatic rings. The third kappa shape index (κ3) is 4.09. The van der Waals surface area contributed by atoms with Gasteiger partial charge in [-0.25, -0.2) is 10.0 Å². The van der Waals surface area contributed by atoms with Gasteiger partial charge in [-0.3, -0.25) is 16.1 Å². The van der Waals surface area contributed by atoms with Gasteiger partial charge in [0, 0.05) is 13.1 Å². The lowest BCUT2D eigenvalue weighted by Gasteiger charge is -2.38. The molecule has 110 valence electrons. The predicted octanol–water partition coefficient (Wildman–Crippen LogP) is 0.580. The second kappa shape index (κ2) is 7.68. The summed E-state index contributed by atoms with van der Waals surface area (Å²) < 4.78 is 5.32. The number of para-hydroxylation sites is 1. The van der Waals surface area contributed by atoms with Crippen LogP contribution in [-0.4, -0.2) is 43.2 Å². The second-order valence-electron chi connectivity index (χ2n) is 4.10. The van der Waals surface area contributed by atoms with Gasteiger partial charge in [-0.05, 0) is 12.1 Å². The Morgan fingerprint density at radius 2 is 1.80 bits per heavy atom. The highest BCUT2D eigenvalue weighted by Crippen LogP contribution is 2.16. The van der Waals surface area contributed by atoms with Crippen molar-refractivity contribution in [1.29, 1.82) is 10.8 Å². The molecule has 0 aliphatic carbocycles. The minimum Gasteiger partial charge on any atom is -0.379 e. The summed E-state index contributed by atoms with van der Waals surface area (Å²) in [6.45, 7) is 2.63. The smallest absolute Gasteiger partial charge is 0.217 e. The fourth-order valence-corrected chi connectivity index (χ4v) is 1.94. The molecule has 5 N–H and O–H groups in total. The number of nitrogens with two attached hydrogens (primary N) is 1. The topological polar surface area (TPSA) is 101 Å². The minimum atomic E-state index is -0.251. The standard InChI is InChI=1S/C12H18N6O.ClH/c13-11(14)16-12(15)18(10-4-2-1-3-5-10)17-6-8-19-9-7-17;/h1-5H,6-9H2,(H5,13,14,15,16);1H. The first-order valence-corrected chi connectivity index (χ1v) is 6.06. The Morgan fingerprint density at radius 1 is 1.20 bits per heavy atom. The Kier molecular flexibility index (Phi) is 6.23. The van der Waals surface area contributed by atoms with Gasteiger partial charge in [-0.15, -0.1) is 12.4 Å². The molecule has 1 fully saturated rings. The molecule has 1 aromatic carbocycles. The van der Waals surface area contributed by atoms with E-state index in [1.807, 2.05) is 35.3 Å². The van der Waals surface area contributed by atoms with Crippen LogP contribution in [0.5, 0.6) is 0 Å². The summed E-state index contributed by atoms with van der Waals surface area (Å²) in [6.07, 6.45) is 0.